The smallest absolute Gasteiger partial charge is 0.240 e. The quantitative estimate of drug-likeness (QED) is 0.379. The van der Waals surface area contributed by atoms with Crippen molar-refractivity contribution in [2.75, 3.05) is 13.6 Å². The SMILES string of the molecule is CC(C)N(C)CC(C)(C)C(=O)NN. The Labute approximate surface area is 80.4 Å². The summed E-state index contributed by atoms with van der Waals surface area (Å²) >= 11 is 0. The molecule has 0 saturated carbocycles. The van der Waals surface area contributed by atoms with Crippen LogP contribution in [0.25, 0.3) is 0 Å². The summed E-state index contributed by atoms with van der Waals surface area (Å²) in [4.78, 5) is 13.4. The fraction of sp³-hybridized carbons (Fsp3) is 0.889. The minimum absolute atomic E-state index is 0.125. The molecule has 0 spiro atoms. The highest BCUT2D eigenvalue weighted by Gasteiger charge is 2.28. The molecule has 0 bridgehead atoms. The number of amides is 1. The van der Waals surface area contributed by atoms with Crippen molar-refractivity contribution in [2.45, 2.75) is 33.7 Å². The van der Waals surface area contributed by atoms with Crippen LogP contribution in [0.5, 0.6) is 0 Å². The Morgan fingerprint density at radius 2 is 2.00 bits per heavy atom. The van der Waals surface area contributed by atoms with Crippen LogP contribution in [0.3, 0.4) is 0 Å². The minimum atomic E-state index is -0.437. The van der Waals surface area contributed by atoms with E-state index < -0.39 is 5.41 Å². The van der Waals surface area contributed by atoms with E-state index in [1.54, 1.807) is 0 Å². The van der Waals surface area contributed by atoms with Gasteiger partial charge in [-0.05, 0) is 34.7 Å². The van der Waals surface area contributed by atoms with Crippen LogP contribution in [-0.2, 0) is 4.79 Å². The van der Waals surface area contributed by atoms with Crippen LogP contribution in [-0.4, -0.2) is 30.4 Å². The average Bonchev–Trinajstić information content (AvgIpc) is 2.01. The summed E-state index contributed by atoms with van der Waals surface area (Å²) < 4.78 is 0. The molecule has 13 heavy (non-hydrogen) atoms. The van der Waals surface area contributed by atoms with Crippen molar-refractivity contribution < 1.29 is 4.79 Å². The van der Waals surface area contributed by atoms with Crippen LogP contribution in [0.4, 0.5) is 0 Å². The van der Waals surface area contributed by atoms with E-state index in [9.17, 15) is 4.79 Å². The molecular formula is C9H21N3O. The van der Waals surface area contributed by atoms with E-state index in [4.69, 9.17) is 5.84 Å². The molecule has 0 atom stereocenters. The number of hydrogen-bond donors (Lipinski definition) is 2. The predicted octanol–water partition coefficient (Wildman–Crippen LogP) is 0.343. The molecule has 4 heteroatoms. The maximum absolute atomic E-state index is 11.3. The molecule has 0 fully saturated rings. The second-order valence-corrected chi connectivity index (χ2v) is 4.37. The van der Waals surface area contributed by atoms with E-state index in [0.29, 0.717) is 12.6 Å². The van der Waals surface area contributed by atoms with Crippen molar-refractivity contribution >= 4 is 5.91 Å². The molecule has 0 rings (SSSR count). The van der Waals surface area contributed by atoms with Gasteiger partial charge in [-0.1, -0.05) is 0 Å². The minimum Gasteiger partial charge on any atom is -0.303 e. The highest BCUT2D eigenvalue weighted by molar-refractivity contribution is 5.81. The highest BCUT2D eigenvalue weighted by atomic mass is 16.2. The Morgan fingerprint density at radius 1 is 1.54 bits per heavy atom. The zero-order valence-corrected chi connectivity index (χ0v) is 9.22. The molecule has 3 N–H and O–H groups in total. The third kappa shape index (κ3) is 3.74. The zero-order chi connectivity index (χ0) is 10.6. The van der Waals surface area contributed by atoms with Crippen molar-refractivity contribution in [3.8, 4) is 0 Å². The molecule has 78 valence electrons. The van der Waals surface area contributed by atoms with Crippen molar-refractivity contribution in [3.63, 3.8) is 0 Å². The van der Waals surface area contributed by atoms with Crippen molar-refractivity contribution in [1.29, 1.82) is 0 Å². The lowest BCUT2D eigenvalue weighted by Gasteiger charge is -2.30. The van der Waals surface area contributed by atoms with Crippen molar-refractivity contribution in [2.24, 2.45) is 11.3 Å². The standard InChI is InChI=1S/C9H21N3O/c1-7(2)12(5)6-9(3,4)8(13)11-10/h7H,6,10H2,1-5H3,(H,11,13). The molecule has 0 aromatic heterocycles. The molecule has 0 aromatic rings. The van der Waals surface area contributed by atoms with Gasteiger partial charge in [0.25, 0.3) is 0 Å². The Morgan fingerprint density at radius 3 is 2.31 bits per heavy atom. The lowest BCUT2D eigenvalue weighted by molar-refractivity contribution is -0.130. The summed E-state index contributed by atoms with van der Waals surface area (Å²) in [5.41, 5.74) is 1.75. The molecule has 0 aliphatic rings. The number of carbonyl (C=O) groups excluding carboxylic acids is 1. The first-order valence-corrected chi connectivity index (χ1v) is 4.52. The monoisotopic (exact) mass is 187 g/mol. The lowest BCUT2D eigenvalue weighted by atomic mass is 9.91. The Hall–Kier alpha value is -0.610. The van der Waals surface area contributed by atoms with E-state index in [-0.39, 0.29) is 5.91 Å². The average molecular weight is 187 g/mol. The fourth-order valence-corrected chi connectivity index (χ4v) is 1.07. The van der Waals surface area contributed by atoms with Crippen molar-refractivity contribution in [1.82, 2.24) is 10.3 Å². The van der Waals surface area contributed by atoms with Crippen LogP contribution in [0.1, 0.15) is 27.7 Å². The molecule has 0 saturated heterocycles. The second-order valence-electron chi connectivity index (χ2n) is 4.37. The maximum atomic E-state index is 11.3. The van der Waals surface area contributed by atoms with Crippen LogP contribution < -0.4 is 11.3 Å². The third-order valence-electron chi connectivity index (χ3n) is 2.27. The van der Waals surface area contributed by atoms with Crippen LogP contribution in [0, 0.1) is 5.41 Å². The van der Waals surface area contributed by atoms with Crippen molar-refractivity contribution in [3.05, 3.63) is 0 Å². The van der Waals surface area contributed by atoms with E-state index in [1.165, 1.54) is 0 Å². The number of nitrogens with two attached hydrogens (primary N) is 1. The first-order valence-electron chi connectivity index (χ1n) is 4.52. The first-order chi connectivity index (χ1) is 5.81. The van der Waals surface area contributed by atoms with E-state index in [1.807, 2.05) is 20.9 Å². The van der Waals surface area contributed by atoms with Gasteiger partial charge in [0, 0.05) is 12.6 Å². The molecule has 0 radical (unpaired) electrons. The molecule has 0 aliphatic heterocycles. The summed E-state index contributed by atoms with van der Waals surface area (Å²) in [5, 5.41) is 0. The van der Waals surface area contributed by atoms with Crippen LogP contribution in [0.15, 0.2) is 0 Å². The van der Waals surface area contributed by atoms with Gasteiger partial charge in [-0.15, -0.1) is 0 Å². The number of hydrogen-bond acceptors (Lipinski definition) is 3. The second kappa shape index (κ2) is 4.58. The van der Waals surface area contributed by atoms with Gasteiger partial charge in [0.05, 0.1) is 5.41 Å². The number of carbonyl (C=O) groups is 1. The number of rotatable bonds is 4. The normalized spacial score (nSPS) is 12.3. The molecule has 0 heterocycles. The fourth-order valence-electron chi connectivity index (χ4n) is 1.07. The van der Waals surface area contributed by atoms with Crippen LogP contribution in [0.2, 0.25) is 0 Å². The van der Waals surface area contributed by atoms with Gasteiger partial charge < -0.3 is 4.90 Å². The van der Waals surface area contributed by atoms with Gasteiger partial charge in [-0.2, -0.15) is 0 Å². The number of hydrazine groups is 1. The molecule has 0 unspecified atom stereocenters. The van der Waals surface area contributed by atoms with Gasteiger partial charge in [0.1, 0.15) is 0 Å². The summed E-state index contributed by atoms with van der Waals surface area (Å²) in [7, 11) is 2.00. The van der Waals surface area contributed by atoms with E-state index in [0.717, 1.165) is 0 Å². The molecule has 1 amide bonds. The highest BCUT2D eigenvalue weighted by Crippen LogP contribution is 2.17. The molecule has 0 aromatic carbocycles. The Kier molecular flexibility index (Phi) is 4.36. The first kappa shape index (κ1) is 12.4. The maximum Gasteiger partial charge on any atom is 0.240 e. The van der Waals surface area contributed by atoms with E-state index >= 15 is 0 Å². The molecular weight excluding hydrogens is 166 g/mol. The van der Waals surface area contributed by atoms with Gasteiger partial charge in [0.15, 0.2) is 0 Å². The lowest BCUT2D eigenvalue weighted by Crippen LogP contribution is -2.47. The van der Waals surface area contributed by atoms with E-state index in [2.05, 4.69) is 24.2 Å². The third-order valence-corrected chi connectivity index (χ3v) is 2.27. The molecule has 4 nitrogen and oxygen atoms in total. The topological polar surface area (TPSA) is 58.4 Å². The van der Waals surface area contributed by atoms with Gasteiger partial charge >= 0.3 is 0 Å². The number of nitrogens with one attached hydrogen (secondary N) is 1. The summed E-state index contributed by atoms with van der Waals surface area (Å²) in [6, 6.07) is 0.435. The molecule has 0 aliphatic carbocycles. The van der Waals surface area contributed by atoms with Gasteiger partial charge in [-0.25, -0.2) is 5.84 Å². The largest absolute Gasteiger partial charge is 0.303 e. The zero-order valence-electron chi connectivity index (χ0n) is 9.22. The Bertz CT molecular complexity index is 178. The summed E-state index contributed by atoms with van der Waals surface area (Å²) in [6.45, 7) is 8.66. The summed E-state index contributed by atoms with van der Waals surface area (Å²) in [6.07, 6.45) is 0. The van der Waals surface area contributed by atoms with Gasteiger partial charge in [0.2, 0.25) is 5.91 Å². The predicted molar refractivity (Wildman–Crippen MR) is 53.9 cm³/mol. The van der Waals surface area contributed by atoms with Crippen LogP contribution >= 0.6 is 0 Å². The van der Waals surface area contributed by atoms with Gasteiger partial charge in [-0.3, -0.25) is 10.2 Å². The Balaban J connectivity index is 4.24. The number of nitrogens with zero attached hydrogens (tertiary/aromatic N) is 1. The summed E-state index contributed by atoms with van der Waals surface area (Å²) in [5.74, 6) is 4.97.